The molecule has 2 aliphatic rings. The van der Waals surface area contributed by atoms with Crippen LogP contribution in [0.15, 0.2) is 47.5 Å². The second-order valence-electron chi connectivity index (χ2n) is 14.6. The van der Waals surface area contributed by atoms with Crippen molar-refractivity contribution in [2.75, 3.05) is 13.1 Å². The summed E-state index contributed by atoms with van der Waals surface area (Å²) in [4.78, 5) is 40.4. The molecule has 0 aliphatic carbocycles. The van der Waals surface area contributed by atoms with Crippen molar-refractivity contribution < 1.29 is 9.59 Å². The molecule has 0 saturated carbocycles. The molecule has 5 rings (SSSR count). The first-order chi connectivity index (χ1) is 23.7. The zero-order chi connectivity index (χ0) is 34.9. The molecule has 0 N–H and O–H groups in total. The van der Waals surface area contributed by atoms with E-state index in [1.165, 1.54) is 96.6 Å². The van der Waals surface area contributed by atoms with Gasteiger partial charge in [-0.15, -0.1) is 34.0 Å². The minimum absolute atomic E-state index is 0.0130. The first-order valence-corrected chi connectivity index (χ1v) is 21.5. The number of fused-ring (bicyclic) bond motifs is 1. The fourth-order valence-corrected chi connectivity index (χ4v) is 10.3. The Bertz CT molecular complexity index is 1600. The third-order valence-corrected chi connectivity index (χ3v) is 13.2. The summed E-state index contributed by atoms with van der Waals surface area (Å²) in [5.74, 6) is 0.707. The molecule has 3 aromatic heterocycles. The maximum Gasteiger partial charge on any atom is 0.261 e. The van der Waals surface area contributed by atoms with Crippen LogP contribution in [0.1, 0.15) is 137 Å². The lowest BCUT2D eigenvalue weighted by Gasteiger charge is -2.28. The fourth-order valence-electron chi connectivity index (χ4n) is 7.36. The van der Waals surface area contributed by atoms with Crippen molar-refractivity contribution in [1.29, 1.82) is 0 Å². The summed E-state index contributed by atoms with van der Waals surface area (Å²) in [6, 6.07) is 12.9. The van der Waals surface area contributed by atoms with Gasteiger partial charge in [-0.2, -0.15) is 0 Å². The Balaban J connectivity index is 1.52. The Kier molecular flexibility index (Phi) is 14.0. The molecule has 0 bridgehead atoms. The zero-order valence-electron chi connectivity index (χ0n) is 30.9. The highest BCUT2D eigenvalue weighted by molar-refractivity contribution is 7.22. The van der Waals surface area contributed by atoms with Crippen LogP contribution in [-0.4, -0.2) is 34.7 Å². The topological polar surface area (TPSA) is 40.6 Å². The molecule has 0 aromatic carbocycles. The molecule has 5 heterocycles. The Morgan fingerprint density at radius 1 is 0.531 bits per heavy atom. The molecule has 266 valence electrons. The van der Waals surface area contributed by atoms with Crippen LogP contribution in [0.25, 0.3) is 21.1 Å². The smallest absolute Gasteiger partial charge is 0.261 e. The highest BCUT2D eigenvalue weighted by Crippen LogP contribution is 2.50. The van der Waals surface area contributed by atoms with E-state index in [2.05, 4.69) is 77.9 Å². The van der Waals surface area contributed by atoms with Crippen LogP contribution >= 0.6 is 34.0 Å². The number of unbranched alkanes of at least 4 members (excludes halogenated alkanes) is 10. The highest BCUT2D eigenvalue weighted by Gasteiger charge is 2.49. The van der Waals surface area contributed by atoms with Gasteiger partial charge in [0.05, 0.1) is 32.3 Å². The number of nitrogens with zero attached hydrogens (tertiary/aromatic N) is 2. The summed E-state index contributed by atoms with van der Waals surface area (Å²) in [5.41, 5.74) is 2.93. The molecule has 49 heavy (non-hydrogen) atoms. The summed E-state index contributed by atoms with van der Waals surface area (Å²) in [5, 5.41) is 0. The van der Waals surface area contributed by atoms with Gasteiger partial charge < -0.3 is 9.80 Å². The lowest BCUT2D eigenvalue weighted by Crippen LogP contribution is -2.34. The van der Waals surface area contributed by atoms with E-state index in [0.29, 0.717) is 30.2 Å². The SMILES string of the molecule is CCCCCCCCC(CCCCCCCC)CN1C(=O)C2=C(c3ccc(C)s3)N(CC(C)C)C(=O)C2=C1c1ccc(-c2ccc(C)s2)s1. The first-order valence-electron chi connectivity index (χ1n) is 19.1. The van der Waals surface area contributed by atoms with E-state index in [0.717, 1.165) is 34.0 Å². The average Bonchev–Trinajstić information content (AvgIpc) is 3.90. The average molecular weight is 719 g/mol. The fraction of sp³-hybridized carbons (Fsp3) is 0.571. The number of amides is 2. The predicted octanol–water partition coefficient (Wildman–Crippen LogP) is 12.7. The van der Waals surface area contributed by atoms with Gasteiger partial charge in [-0.05, 0) is 74.9 Å². The molecule has 4 nitrogen and oxygen atoms in total. The monoisotopic (exact) mass is 718 g/mol. The van der Waals surface area contributed by atoms with Gasteiger partial charge in [0.25, 0.3) is 11.8 Å². The van der Waals surface area contributed by atoms with E-state index >= 15 is 0 Å². The third kappa shape index (κ3) is 9.25. The summed E-state index contributed by atoms with van der Waals surface area (Å²) < 4.78 is 0. The van der Waals surface area contributed by atoms with Gasteiger partial charge in [0.15, 0.2) is 0 Å². The molecule has 3 aromatic rings. The van der Waals surface area contributed by atoms with Crippen LogP contribution in [0.3, 0.4) is 0 Å². The Labute approximate surface area is 308 Å². The first kappa shape index (κ1) is 37.8. The summed E-state index contributed by atoms with van der Waals surface area (Å²) in [7, 11) is 0. The largest absolute Gasteiger partial charge is 0.306 e. The van der Waals surface area contributed by atoms with E-state index in [9.17, 15) is 9.59 Å². The maximum absolute atomic E-state index is 14.9. The summed E-state index contributed by atoms with van der Waals surface area (Å²) >= 11 is 5.20. The van der Waals surface area contributed by atoms with Crippen LogP contribution in [-0.2, 0) is 9.59 Å². The standard InChI is InChI=1S/C42H58N2O2S3/c1-7-9-11-13-15-17-19-32(20-18-16-14-12-10-8-2)28-44-40(36-26-25-34(49-36)33-23-21-30(5)47-33)38-37(42(44)46)39(35-24-22-31(6)48-35)43(41(38)45)27-29(3)4/h21-26,29,32H,7-20,27-28H2,1-6H3. The number of carbonyl (C=O) groups excluding carboxylic acids is 2. The number of aryl methyl sites for hydroxylation is 2. The molecular weight excluding hydrogens is 661 g/mol. The van der Waals surface area contributed by atoms with Gasteiger partial charge in [0.1, 0.15) is 0 Å². The lowest BCUT2D eigenvalue weighted by molar-refractivity contribution is -0.124. The van der Waals surface area contributed by atoms with Crippen LogP contribution in [0.5, 0.6) is 0 Å². The number of thiophene rings is 3. The van der Waals surface area contributed by atoms with Gasteiger partial charge in [0, 0.05) is 32.6 Å². The van der Waals surface area contributed by atoms with E-state index in [4.69, 9.17) is 0 Å². The van der Waals surface area contributed by atoms with Crippen molar-refractivity contribution in [2.45, 2.75) is 131 Å². The Morgan fingerprint density at radius 3 is 1.43 bits per heavy atom. The number of hydrogen-bond acceptors (Lipinski definition) is 5. The van der Waals surface area contributed by atoms with Crippen LogP contribution in [0.2, 0.25) is 0 Å². The van der Waals surface area contributed by atoms with Gasteiger partial charge in [-0.1, -0.05) is 105 Å². The maximum atomic E-state index is 14.9. The normalized spacial score (nSPS) is 15.0. The van der Waals surface area contributed by atoms with E-state index in [1.54, 1.807) is 34.0 Å². The van der Waals surface area contributed by atoms with E-state index < -0.39 is 0 Å². The van der Waals surface area contributed by atoms with Gasteiger partial charge >= 0.3 is 0 Å². The van der Waals surface area contributed by atoms with Crippen molar-refractivity contribution in [3.63, 3.8) is 0 Å². The Morgan fingerprint density at radius 2 is 0.939 bits per heavy atom. The molecule has 0 unspecified atom stereocenters. The van der Waals surface area contributed by atoms with Gasteiger partial charge in [0.2, 0.25) is 0 Å². The van der Waals surface area contributed by atoms with E-state index in [-0.39, 0.29) is 17.7 Å². The van der Waals surface area contributed by atoms with Gasteiger partial charge in [-0.3, -0.25) is 9.59 Å². The molecule has 0 spiro atoms. The lowest BCUT2D eigenvalue weighted by atomic mass is 9.93. The van der Waals surface area contributed by atoms with Gasteiger partial charge in [-0.25, -0.2) is 0 Å². The molecule has 0 saturated heterocycles. The minimum atomic E-state index is -0.0130. The zero-order valence-corrected chi connectivity index (χ0v) is 33.3. The second kappa shape index (κ2) is 18.1. The minimum Gasteiger partial charge on any atom is -0.306 e. The third-order valence-electron chi connectivity index (χ3n) is 9.90. The van der Waals surface area contributed by atoms with Crippen LogP contribution in [0, 0.1) is 25.7 Å². The van der Waals surface area contributed by atoms with Crippen molar-refractivity contribution in [2.24, 2.45) is 11.8 Å². The number of carbonyl (C=O) groups is 2. The molecule has 0 radical (unpaired) electrons. The Hall–Kier alpha value is -2.48. The molecule has 0 fully saturated rings. The molecule has 2 amide bonds. The molecule has 0 atom stereocenters. The van der Waals surface area contributed by atoms with E-state index in [1.807, 2.05) is 9.80 Å². The second-order valence-corrected chi connectivity index (χ2v) is 18.3. The highest BCUT2D eigenvalue weighted by atomic mass is 32.1. The van der Waals surface area contributed by atoms with Crippen LogP contribution < -0.4 is 0 Å². The van der Waals surface area contributed by atoms with Crippen molar-refractivity contribution in [3.05, 3.63) is 67.1 Å². The number of rotatable bonds is 21. The van der Waals surface area contributed by atoms with Crippen molar-refractivity contribution >= 4 is 57.2 Å². The number of hydrogen-bond donors (Lipinski definition) is 0. The molecular formula is C42H58N2O2S3. The molecule has 7 heteroatoms. The van der Waals surface area contributed by atoms with Crippen molar-refractivity contribution in [3.8, 4) is 9.75 Å². The quantitative estimate of drug-likeness (QED) is 0.103. The summed E-state index contributed by atoms with van der Waals surface area (Å²) in [6.45, 7) is 14.4. The van der Waals surface area contributed by atoms with Crippen molar-refractivity contribution in [1.82, 2.24) is 9.80 Å². The summed E-state index contributed by atoms with van der Waals surface area (Å²) in [6.07, 6.45) is 17.6. The molecule has 2 aliphatic heterocycles. The van der Waals surface area contributed by atoms with Crippen LogP contribution in [0.4, 0.5) is 0 Å². The predicted molar refractivity (Wildman–Crippen MR) is 213 cm³/mol.